The standard InChI is InChI=1S/C16H20F3N3O4/c1-2-26-15(25)21-7-5-12(6-8-21)20-13(23)10-22-9-11(16(17,18)19)3-4-14(22)24/h3-4,9,12H,2,5-8,10H2,1H3,(H,20,23). The molecule has 0 aromatic carbocycles. The third-order valence-corrected chi connectivity index (χ3v) is 4.01. The van der Waals surface area contributed by atoms with Crippen molar-refractivity contribution in [3.05, 3.63) is 34.2 Å². The van der Waals surface area contributed by atoms with Gasteiger partial charge in [0.1, 0.15) is 6.54 Å². The highest BCUT2D eigenvalue weighted by molar-refractivity contribution is 5.76. The molecule has 1 aliphatic heterocycles. The SMILES string of the molecule is CCOC(=O)N1CCC(NC(=O)Cn2cc(C(F)(F)F)ccc2=O)CC1. The Morgan fingerprint density at radius 1 is 1.27 bits per heavy atom. The van der Waals surface area contributed by atoms with Gasteiger partial charge in [0.2, 0.25) is 5.91 Å². The number of hydrogen-bond donors (Lipinski definition) is 1. The summed E-state index contributed by atoms with van der Waals surface area (Å²) in [6, 6.07) is 1.25. The molecule has 0 unspecified atom stereocenters. The fourth-order valence-corrected chi connectivity index (χ4v) is 2.67. The van der Waals surface area contributed by atoms with Crippen molar-refractivity contribution in [3.63, 3.8) is 0 Å². The molecule has 0 atom stereocenters. The topological polar surface area (TPSA) is 80.6 Å². The van der Waals surface area contributed by atoms with E-state index >= 15 is 0 Å². The average Bonchev–Trinajstić information content (AvgIpc) is 2.56. The molecule has 1 aliphatic rings. The van der Waals surface area contributed by atoms with Crippen LogP contribution in [0.15, 0.2) is 23.1 Å². The lowest BCUT2D eigenvalue weighted by atomic mass is 10.1. The van der Waals surface area contributed by atoms with Crippen molar-refractivity contribution in [1.29, 1.82) is 0 Å². The second-order valence-corrected chi connectivity index (χ2v) is 5.91. The van der Waals surface area contributed by atoms with E-state index in [2.05, 4.69) is 5.32 Å². The first-order chi connectivity index (χ1) is 12.2. The molecule has 1 aromatic heterocycles. The summed E-state index contributed by atoms with van der Waals surface area (Å²) in [4.78, 5) is 36.9. The van der Waals surface area contributed by atoms with Crippen LogP contribution >= 0.6 is 0 Å². The number of ether oxygens (including phenoxy) is 1. The van der Waals surface area contributed by atoms with E-state index in [4.69, 9.17) is 4.74 Å². The van der Waals surface area contributed by atoms with Crippen molar-refractivity contribution in [3.8, 4) is 0 Å². The number of nitrogens with one attached hydrogen (secondary N) is 1. The second-order valence-electron chi connectivity index (χ2n) is 5.91. The number of hydrogen-bond acceptors (Lipinski definition) is 4. The van der Waals surface area contributed by atoms with Crippen LogP contribution < -0.4 is 10.9 Å². The Balaban J connectivity index is 1.90. The number of rotatable bonds is 4. The molecule has 1 aromatic rings. The average molecular weight is 375 g/mol. The van der Waals surface area contributed by atoms with Gasteiger partial charge in [0.25, 0.3) is 5.56 Å². The summed E-state index contributed by atoms with van der Waals surface area (Å²) in [7, 11) is 0. The molecule has 1 fully saturated rings. The number of carbonyl (C=O) groups is 2. The maximum absolute atomic E-state index is 12.7. The molecular weight excluding hydrogens is 355 g/mol. The zero-order valence-corrected chi connectivity index (χ0v) is 14.2. The Morgan fingerprint density at radius 2 is 1.92 bits per heavy atom. The largest absolute Gasteiger partial charge is 0.450 e. The summed E-state index contributed by atoms with van der Waals surface area (Å²) in [6.45, 7) is 2.31. The Morgan fingerprint density at radius 3 is 2.50 bits per heavy atom. The van der Waals surface area contributed by atoms with Crippen LogP contribution in [-0.2, 0) is 22.3 Å². The Labute approximate surface area is 147 Å². The van der Waals surface area contributed by atoms with Gasteiger partial charge in [-0.1, -0.05) is 0 Å². The van der Waals surface area contributed by atoms with Gasteiger partial charge in [-0.3, -0.25) is 9.59 Å². The first-order valence-corrected chi connectivity index (χ1v) is 8.19. The molecular formula is C16H20F3N3O4. The molecule has 2 rings (SSSR count). The van der Waals surface area contributed by atoms with Crippen LogP contribution in [0, 0.1) is 0 Å². The van der Waals surface area contributed by atoms with Crippen LogP contribution in [0.1, 0.15) is 25.3 Å². The highest BCUT2D eigenvalue weighted by atomic mass is 19.4. The highest BCUT2D eigenvalue weighted by Gasteiger charge is 2.31. The maximum Gasteiger partial charge on any atom is 0.417 e. The third-order valence-electron chi connectivity index (χ3n) is 4.01. The van der Waals surface area contributed by atoms with E-state index in [1.807, 2.05) is 0 Å². The van der Waals surface area contributed by atoms with Crippen LogP contribution in [0.4, 0.5) is 18.0 Å². The fourth-order valence-electron chi connectivity index (χ4n) is 2.67. The van der Waals surface area contributed by atoms with E-state index in [1.54, 1.807) is 6.92 Å². The number of halogens is 3. The maximum atomic E-state index is 12.7. The predicted molar refractivity (Wildman–Crippen MR) is 85.5 cm³/mol. The van der Waals surface area contributed by atoms with Crippen molar-refractivity contribution in [2.45, 2.75) is 38.5 Å². The zero-order valence-electron chi connectivity index (χ0n) is 14.2. The number of carbonyl (C=O) groups excluding carboxylic acids is 2. The van der Waals surface area contributed by atoms with Gasteiger partial charge >= 0.3 is 12.3 Å². The molecule has 2 amide bonds. The van der Waals surface area contributed by atoms with Crippen LogP contribution in [0.2, 0.25) is 0 Å². The lowest BCUT2D eigenvalue weighted by Gasteiger charge is -2.31. The lowest BCUT2D eigenvalue weighted by Crippen LogP contribution is -2.47. The van der Waals surface area contributed by atoms with Crippen LogP contribution in [-0.4, -0.2) is 47.2 Å². The van der Waals surface area contributed by atoms with E-state index in [9.17, 15) is 27.6 Å². The molecule has 0 aliphatic carbocycles. The molecule has 10 heteroatoms. The van der Waals surface area contributed by atoms with Gasteiger partial charge in [0.15, 0.2) is 0 Å². The molecule has 0 spiro atoms. The minimum atomic E-state index is -4.59. The number of pyridine rings is 1. The molecule has 2 heterocycles. The van der Waals surface area contributed by atoms with E-state index in [0.717, 1.165) is 10.6 Å². The van der Waals surface area contributed by atoms with Crippen LogP contribution in [0.3, 0.4) is 0 Å². The van der Waals surface area contributed by atoms with Gasteiger partial charge in [-0.25, -0.2) is 4.79 Å². The third kappa shape index (κ3) is 5.24. The van der Waals surface area contributed by atoms with E-state index in [-0.39, 0.29) is 12.6 Å². The van der Waals surface area contributed by atoms with E-state index in [0.29, 0.717) is 38.2 Å². The Kier molecular flexibility index (Phi) is 6.27. The summed E-state index contributed by atoms with van der Waals surface area (Å²) >= 11 is 0. The predicted octanol–water partition coefficient (Wildman–Crippen LogP) is 1.60. The lowest BCUT2D eigenvalue weighted by molar-refractivity contribution is -0.138. The first-order valence-electron chi connectivity index (χ1n) is 8.19. The van der Waals surface area contributed by atoms with Crippen molar-refractivity contribution >= 4 is 12.0 Å². The Bertz CT molecular complexity index is 709. The monoisotopic (exact) mass is 375 g/mol. The highest BCUT2D eigenvalue weighted by Crippen LogP contribution is 2.27. The molecule has 1 saturated heterocycles. The molecule has 26 heavy (non-hydrogen) atoms. The number of alkyl halides is 3. The Hall–Kier alpha value is -2.52. The van der Waals surface area contributed by atoms with E-state index < -0.39 is 35.8 Å². The zero-order chi connectivity index (χ0) is 19.3. The number of likely N-dealkylation sites (tertiary alicyclic amines) is 1. The quantitative estimate of drug-likeness (QED) is 0.867. The van der Waals surface area contributed by atoms with Gasteiger partial charge in [-0.15, -0.1) is 0 Å². The smallest absolute Gasteiger partial charge is 0.417 e. The second kappa shape index (κ2) is 8.24. The molecule has 144 valence electrons. The number of amides is 2. The van der Waals surface area contributed by atoms with Gasteiger partial charge in [0.05, 0.1) is 12.2 Å². The van der Waals surface area contributed by atoms with Crippen molar-refractivity contribution in [1.82, 2.24) is 14.8 Å². The number of piperidine rings is 1. The van der Waals surface area contributed by atoms with Crippen molar-refractivity contribution < 1.29 is 27.5 Å². The fraction of sp³-hybridized carbons (Fsp3) is 0.562. The first kappa shape index (κ1) is 19.8. The summed E-state index contributed by atoms with van der Waals surface area (Å²) in [6.07, 6.45) is -3.37. The van der Waals surface area contributed by atoms with Crippen molar-refractivity contribution in [2.75, 3.05) is 19.7 Å². The summed E-state index contributed by atoms with van der Waals surface area (Å²) in [5.74, 6) is -0.555. The normalized spacial score (nSPS) is 15.6. The molecule has 0 bridgehead atoms. The molecule has 0 radical (unpaired) electrons. The summed E-state index contributed by atoms with van der Waals surface area (Å²) in [5, 5.41) is 2.69. The van der Waals surface area contributed by atoms with Gasteiger partial charge in [0, 0.05) is 31.4 Å². The van der Waals surface area contributed by atoms with Gasteiger partial charge < -0.3 is 19.5 Å². The summed E-state index contributed by atoms with van der Waals surface area (Å²) < 4.78 is 43.8. The minimum Gasteiger partial charge on any atom is -0.450 e. The number of nitrogens with zero attached hydrogens (tertiary/aromatic N) is 2. The van der Waals surface area contributed by atoms with Crippen LogP contribution in [0.25, 0.3) is 0 Å². The molecule has 0 saturated carbocycles. The van der Waals surface area contributed by atoms with Crippen LogP contribution in [0.5, 0.6) is 0 Å². The van der Waals surface area contributed by atoms with Gasteiger partial charge in [-0.2, -0.15) is 13.2 Å². The molecule has 1 N–H and O–H groups in total. The van der Waals surface area contributed by atoms with Gasteiger partial charge in [-0.05, 0) is 25.8 Å². The number of aromatic nitrogens is 1. The summed E-state index contributed by atoms with van der Waals surface area (Å²) in [5.41, 5.74) is -1.68. The minimum absolute atomic E-state index is 0.213. The van der Waals surface area contributed by atoms with E-state index in [1.165, 1.54) is 4.90 Å². The molecule has 7 nitrogen and oxygen atoms in total. The van der Waals surface area contributed by atoms with Crippen molar-refractivity contribution in [2.24, 2.45) is 0 Å².